The number of nitrogens with zero attached hydrogens (tertiary/aromatic N) is 1. The number of ether oxygens (including phenoxy) is 1. The molecule has 0 saturated carbocycles. The van der Waals surface area contributed by atoms with Crippen molar-refractivity contribution in [2.45, 2.75) is 11.5 Å². The number of H-pyrrole nitrogens is 1. The molecule has 2 N–H and O–H groups in total. The highest BCUT2D eigenvalue weighted by molar-refractivity contribution is 7.92. The Morgan fingerprint density at radius 2 is 2.10 bits per heavy atom. The van der Waals surface area contributed by atoms with Gasteiger partial charge in [-0.1, -0.05) is 6.07 Å². The van der Waals surface area contributed by atoms with Crippen LogP contribution in [-0.4, -0.2) is 32.7 Å². The van der Waals surface area contributed by atoms with Crippen molar-refractivity contribution in [3.05, 3.63) is 42.2 Å². The molecule has 0 aliphatic carbocycles. The number of aromatic amines is 1. The number of methoxy groups -OCH3 is 1. The number of anilines is 1. The van der Waals surface area contributed by atoms with Gasteiger partial charge in [0.1, 0.15) is 10.6 Å². The zero-order valence-corrected chi connectivity index (χ0v) is 12.0. The molecular formula is C13H16N2O4S. The molecule has 2 aromatic rings. The van der Waals surface area contributed by atoms with E-state index in [0.29, 0.717) is 17.1 Å². The van der Waals surface area contributed by atoms with Crippen molar-refractivity contribution in [2.24, 2.45) is 0 Å². The van der Waals surface area contributed by atoms with Crippen molar-refractivity contribution in [1.82, 2.24) is 4.98 Å². The number of aromatic nitrogens is 1. The lowest BCUT2D eigenvalue weighted by molar-refractivity contribution is 0.277. The van der Waals surface area contributed by atoms with Gasteiger partial charge in [0, 0.05) is 25.0 Å². The molecule has 0 amide bonds. The number of aliphatic hydroxyl groups excluding tert-OH is 1. The van der Waals surface area contributed by atoms with Gasteiger partial charge in [0.15, 0.2) is 0 Å². The van der Waals surface area contributed by atoms with E-state index >= 15 is 0 Å². The van der Waals surface area contributed by atoms with Gasteiger partial charge in [0.25, 0.3) is 10.0 Å². The van der Waals surface area contributed by atoms with E-state index in [4.69, 9.17) is 9.84 Å². The van der Waals surface area contributed by atoms with Crippen LogP contribution in [-0.2, 0) is 16.6 Å². The highest BCUT2D eigenvalue weighted by atomic mass is 32.2. The van der Waals surface area contributed by atoms with Gasteiger partial charge in [-0.05, 0) is 18.2 Å². The molecule has 108 valence electrons. The molecule has 0 aliphatic heterocycles. The van der Waals surface area contributed by atoms with Crippen LogP contribution in [0.3, 0.4) is 0 Å². The molecule has 0 fully saturated rings. The van der Waals surface area contributed by atoms with Crippen LogP contribution in [0.1, 0.15) is 5.69 Å². The van der Waals surface area contributed by atoms with E-state index in [1.807, 2.05) is 0 Å². The number of hydrogen-bond donors (Lipinski definition) is 2. The normalized spacial score (nSPS) is 11.3. The molecule has 7 heteroatoms. The zero-order chi connectivity index (χ0) is 14.8. The average molecular weight is 296 g/mol. The first-order chi connectivity index (χ1) is 9.48. The number of sulfonamides is 1. The number of benzene rings is 1. The lowest BCUT2D eigenvalue weighted by Crippen LogP contribution is -2.26. The molecule has 1 aromatic heterocycles. The summed E-state index contributed by atoms with van der Waals surface area (Å²) in [6, 6.07) is 8.18. The third-order valence-electron chi connectivity index (χ3n) is 2.96. The van der Waals surface area contributed by atoms with E-state index in [9.17, 15) is 8.42 Å². The second-order valence-electron chi connectivity index (χ2n) is 4.19. The number of aliphatic hydroxyl groups is 1. The molecule has 0 atom stereocenters. The Morgan fingerprint density at radius 1 is 1.35 bits per heavy atom. The van der Waals surface area contributed by atoms with E-state index in [2.05, 4.69) is 4.98 Å². The van der Waals surface area contributed by atoms with Crippen molar-refractivity contribution in [3.8, 4) is 5.75 Å². The highest BCUT2D eigenvalue weighted by Gasteiger charge is 2.22. The smallest absolute Gasteiger partial charge is 0.265 e. The minimum Gasteiger partial charge on any atom is -0.497 e. The lowest BCUT2D eigenvalue weighted by atomic mass is 10.3. The van der Waals surface area contributed by atoms with Crippen molar-refractivity contribution >= 4 is 15.7 Å². The summed E-state index contributed by atoms with van der Waals surface area (Å²) in [5.41, 5.74) is 0.943. The largest absolute Gasteiger partial charge is 0.497 e. The fraction of sp³-hybridized carbons (Fsp3) is 0.231. The van der Waals surface area contributed by atoms with Crippen LogP contribution in [0.15, 0.2) is 41.4 Å². The Morgan fingerprint density at radius 3 is 2.70 bits per heavy atom. The van der Waals surface area contributed by atoms with E-state index in [1.165, 1.54) is 30.7 Å². The summed E-state index contributed by atoms with van der Waals surface area (Å²) in [7, 11) is -0.682. The quantitative estimate of drug-likeness (QED) is 0.872. The fourth-order valence-corrected chi connectivity index (χ4v) is 2.97. The van der Waals surface area contributed by atoms with Crippen molar-refractivity contribution in [1.29, 1.82) is 0 Å². The van der Waals surface area contributed by atoms with Gasteiger partial charge in [0.2, 0.25) is 0 Å². The van der Waals surface area contributed by atoms with Gasteiger partial charge >= 0.3 is 0 Å². The predicted octanol–water partition coefficient (Wildman–Crippen LogP) is 1.34. The van der Waals surface area contributed by atoms with E-state index in [1.54, 1.807) is 24.3 Å². The summed E-state index contributed by atoms with van der Waals surface area (Å²) in [6.07, 6.45) is 1.36. The second-order valence-corrected chi connectivity index (χ2v) is 6.16. The number of hydrogen-bond acceptors (Lipinski definition) is 4. The third-order valence-corrected chi connectivity index (χ3v) is 4.73. The Kier molecular flexibility index (Phi) is 4.01. The van der Waals surface area contributed by atoms with E-state index in [0.717, 1.165) is 0 Å². The minimum atomic E-state index is -3.67. The predicted molar refractivity (Wildman–Crippen MR) is 75.3 cm³/mol. The van der Waals surface area contributed by atoms with Crippen LogP contribution < -0.4 is 9.04 Å². The molecule has 2 rings (SSSR count). The summed E-state index contributed by atoms with van der Waals surface area (Å²) < 4.78 is 31.1. The third kappa shape index (κ3) is 2.63. The van der Waals surface area contributed by atoms with Gasteiger partial charge in [-0.2, -0.15) is 0 Å². The minimum absolute atomic E-state index is 0.104. The molecule has 0 radical (unpaired) electrons. The molecule has 0 unspecified atom stereocenters. The summed E-state index contributed by atoms with van der Waals surface area (Å²) >= 11 is 0. The standard InChI is InChI=1S/C13H16N2O4S/c1-15(11-4-3-5-12(7-11)19-2)20(17,18)13-6-10(9-16)14-8-13/h3-8,14,16H,9H2,1-2H3. The molecule has 20 heavy (non-hydrogen) atoms. The Balaban J connectivity index is 2.37. The van der Waals surface area contributed by atoms with E-state index in [-0.39, 0.29) is 11.5 Å². The molecule has 0 spiro atoms. The highest BCUT2D eigenvalue weighted by Crippen LogP contribution is 2.25. The first kappa shape index (κ1) is 14.4. The molecular weight excluding hydrogens is 280 g/mol. The Bertz CT molecular complexity index is 694. The van der Waals surface area contributed by atoms with Crippen LogP contribution in [0.4, 0.5) is 5.69 Å². The molecule has 0 aliphatic rings. The van der Waals surface area contributed by atoms with Crippen molar-refractivity contribution in [3.63, 3.8) is 0 Å². The first-order valence-corrected chi connectivity index (χ1v) is 7.34. The van der Waals surface area contributed by atoms with Crippen LogP contribution in [0, 0.1) is 0 Å². The summed E-state index contributed by atoms with van der Waals surface area (Å²) in [5.74, 6) is 0.578. The maximum atomic E-state index is 12.4. The monoisotopic (exact) mass is 296 g/mol. The van der Waals surface area contributed by atoms with Crippen molar-refractivity contribution < 1.29 is 18.3 Å². The number of nitrogens with one attached hydrogen (secondary N) is 1. The van der Waals surface area contributed by atoms with Crippen LogP contribution >= 0.6 is 0 Å². The molecule has 1 aromatic carbocycles. The van der Waals surface area contributed by atoms with Gasteiger partial charge in [-0.25, -0.2) is 8.42 Å². The zero-order valence-electron chi connectivity index (χ0n) is 11.2. The van der Waals surface area contributed by atoms with Gasteiger partial charge in [-0.15, -0.1) is 0 Å². The Labute approximate surface area is 117 Å². The maximum absolute atomic E-state index is 12.4. The van der Waals surface area contributed by atoms with Crippen LogP contribution in [0.5, 0.6) is 5.75 Å². The SMILES string of the molecule is COc1cccc(N(C)S(=O)(=O)c2c[nH]c(CO)c2)c1. The summed E-state index contributed by atoms with van der Waals surface area (Å²) in [5, 5.41) is 8.98. The molecule has 0 saturated heterocycles. The van der Waals surface area contributed by atoms with Crippen molar-refractivity contribution in [2.75, 3.05) is 18.5 Å². The van der Waals surface area contributed by atoms with Gasteiger partial charge in [0.05, 0.1) is 19.4 Å². The number of rotatable bonds is 5. The topological polar surface area (TPSA) is 82.6 Å². The first-order valence-electron chi connectivity index (χ1n) is 5.90. The molecule has 6 nitrogen and oxygen atoms in total. The molecule has 1 heterocycles. The second kappa shape index (κ2) is 5.56. The van der Waals surface area contributed by atoms with Crippen LogP contribution in [0.2, 0.25) is 0 Å². The summed E-state index contributed by atoms with van der Waals surface area (Å²) in [4.78, 5) is 2.81. The maximum Gasteiger partial charge on any atom is 0.265 e. The lowest BCUT2D eigenvalue weighted by Gasteiger charge is -2.19. The van der Waals surface area contributed by atoms with E-state index < -0.39 is 10.0 Å². The Hall–Kier alpha value is -1.99. The molecule has 0 bridgehead atoms. The van der Waals surface area contributed by atoms with Gasteiger partial charge in [-0.3, -0.25) is 4.31 Å². The average Bonchev–Trinajstić information content (AvgIpc) is 2.96. The van der Waals surface area contributed by atoms with Crippen LogP contribution in [0.25, 0.3) is 0 Å². The summed E-state index contributed by atoms with van der Waals surface area (Å²) in [6.45, 7) is -0.238. The fourth-order valence-electron chi connectivity index (χ4n) is 1.76. The van der Waals surface area contributed by atoms with Gasteiger partial charge < -0.3 is 14.8 Å².